The van der Waals surface area contributed by atoms with E-state index in [1.165, 1.54) is 11.0 Å². The maximum absolute atomic E-state index is 13.6. The number of imidazole rings is 1. The van der Waals surface area contributed by atoms with Gasteiger partial charge in [0.15, 0.2) is 0 Å². The number of nitrogens with two attached hydrogens (primary N) is 1. The standard InChI is InChI=1S/C22H33N3O2/c1-15(2)17-11-10-16(3)14-18(17)21(26)25-20-9-5-4-8-19(20)24(22(25)27)13-7-6-12-23/h4-5,8-9,15-18H,6-7,10-14,23H2,1-3H3/t16-,17+,18-/m1/s1. The molecule has 1 fully saturated rings. The molecule has 148 valence electrons. The van der Waals surface area contributed by atoms with Crippen LogP contribution in [0.25, 0.3) is 11.0 Å². The summed E-state index contributed by atoms with van der Waals surface area (Å²) in [4.78, 5) is 26.8. The lowest BCUT2D eigenvalue weighted by atomic mass is 9.69. The zero-order valence-corrected chi connectivity index (χ0v) is 16.9. The summed E-state index contributed by atoms with van der Waals surface area (Å²) in [5.41, 5.74) is 6.99. The average molecular weight is 372 g/mol. The van der Waals surface area contributed by atoms with Crippen LogP contribution in [0.4, 0.5) is 0 Å². The van der Waals surface area contributed by atoms with Crippen LogP contribution in [-0.2, 0) is 6.54 Å². The van der Waals surface area contributed by atoms with E-state index in [2.05, 4.69) is 20.8 Å². The van der Waals surface area contributed by atoms with Gasteiger partial charge >= 0.3 is 5.69 Å². The second kappa shape index (κ2) is 8.42. The highest BCUT2D eigenvalue weighted by Gasteiger charge is 2.37. The number of benzene rings is 1. The summed E-state index contributed by atoms with van der Waals surface area (Å²) in [6.45, 7) is 7.82. The molecule has 1 aliphatic rings. The molecular formula is C22H33N3O2. The first-order valence-electron chi connectivity index (χ1n) is 10.4. The molecule has 0 aliphatic heterocycles. The lowest BCUT2D eigenvalue weighted by molar-refractivity contribution is 0.0633. The van der Waals surface area contributed by atoms with Gasteiger partial charge in [0.1, 0.15) is 0 Å². The van der Waals surface area contributed by atoms with Crippen LogP contribution in [0.3, 0.4) is 0 Å². The van der Waals surface area contributed by atoms with Gasteiger partial charge in [-0.15, -0.1) is 0 Å². The molecule has 1 aliphatic carbocycles. The molecule has 1 saturated carbocycles. The lowest BCUT2D eigenvalue weighted by Gasteiger charge is -2.36. The van der Waals surface area contributed by atoms with Gasteiger partial charge in [0.2, 0.25) is 5.91 Å². The Balaban J connectivity index is 2.03. The molecule has 2 N–H and O–H groups in total. The van der Waals surface area contributed by atoms with Crippen molar-refractivity contribution in [3.05, 3.63) is 34.7 Å². The van der Waals surface area contributed by atoms with Crippen LogP contribution in [0, 0.1) is 23.7 Å². The minimum atomic E-state index is -0.195. The molecule has 1 heterocycles. The van der Waals surface area contributed by atoms with Crippen LogP contribution in [0.15, 0.2) is 29.1 Å². The number of fused-ring (bicyclic) bond motifs is 1. The van der Waals surface area contributed by atoms with E-state index in [9.17, 15) is 9.59 Å². The van der Waals surface area contributed by atoms with Gasteiger partial charge in [0.05, 0.1) is 11.0 Å². The van der Waals surface area contributed by atoms with Gasteiger partial charge in [-0.1, -0.05) is 39.3 Å². The van der Waals surface area contributed by atoms with Gasteiger partial charge in [-0.3, -0.25) is 9.36 Å². The highest BCUT2D eigenvalue weighted by Crippen LogP contribution is 2.39. The van der Waals surface area contributed by atoms with Crippen molar-refractivity contribution >= 4 is 16.9 Å². The zero-order chi connectivity index (χ0) is 19.6. The van der Waals surface area contributed by atoms with E-state index in [0.29, 0.717) is 30.8 Å². The van der Waals surface area contributed by atoms with Crippen molar-refractivity contribution in [2.75, 3.05) is 6.54 Å². The van der Waals surface area contributed by atoms with E-state index >= 15 is 0 Å². The topological polar surface area (TPSA) is 70.0 Å². The SMILES string of the molecule is CC(C)[C@@H]1CC[C@@H](C)C[C@H]1C(=O)n1c(=O)n(CCCCN)c2ccccc21. The minimum Gasteiger partial charge on any atom is -0.330 e. The molecule has 5 heteroatoms. The van der Waals surface area contributed by atoms with Gasteiger partial charge in [0, 0.05) is 12.5 Å². The normalized spacial score (nSPS) is 23.2. The fraction of sp³-hybridized carbons (Fsp3) is 0.636. The second-order valence-corrected chi connectivity index (χ2v) is 8.52. The van der Waals surface area contributed by atoms with Gasteiger partial charge in [-0.05, 0) is 62.1 Å². The first-order valence-corrected chi connectivity index (χ1v) is 10.4. The molecule has 3 atom stereocenters. The van der Waals surface area contributed by atoms with Crippen LogP contribution in [0.5, 0.6) is 0 Å². The molecule has 1 aromatic carbocycles. The Morgan fingerprint density at radius 3 is 2.56 bits per heavy atom. The third kappa shape index (κ3) is 3.88. The Kier molecular flexibility index (Phi) is 6.20. The first-order chi connectivity index (χ1) is 13.0. The number of carbonyl (C=O) groups is 1. The van der Waals surface area contributed by atoms with Crippen molar-refractivity contribution in [1.29, 1.82) is 0 Å². The minimum absolute atomic E-state index is 0.0148. The number of nitrogens with zero attached hydrogens (tertiary/aromatic N) is 2. The maximum atomic E-state index is 13.6. The summed E-state index contributed by atoms with van der Waals surface area (Å²) >= 11 is 0. The van der Waals surface area contributed by atoms with Crippen LogP contribution in [0.1, 0.15) is 57.7 Å². The third-order valence-electron chi connectivity index (χ3n) is 6.23. The molecular weight excluding hydrogens is 338 g/mol. The predicted octanol–water partition coefficient (Wildman–Crippen LogP) is 3.89. The van der Waals surface area contributed by atoms with E-state index in [-0.39, 0.29) is 17.5 Å². The molecule has 2 aromatic rings. The van der Waals surface area contributed by atoms with E-state index in [1.807, 2.05) is 24.3 Å². The predicted molar refractivity (Wildman–Crippen MR) is 110 cm³/mol. The van der Waals surface area contributed by atoms with Crippen LogP contribution in [-0.4, -0.2) is 21.6 Å². The van der Waals surface area contributed by atoms with Crippen molar-refractivity contribution < 1.29 is 4.79 Å². The Bertz CT molecular complexity index is 849. The quantitative estimate of drug-likeness (QED) is 0.783. The number of hydrogen-bond acceptors (Lipinski definition) is 3. The van der Waals surface area contributed by atoms with Gasteiger partial charge < -0.3 is 5.73 Å². The van der Waals surface area contributed by atoms with E-state index < -0.39 is 0 Å². The molecule has 0 amide bonds. The Morgan fingerprint density at radius 1 is 1.19 bits per heavy atom. The second-order valence-electron chi connectivity index (χ2n) is 8.52. The smallest absolute Gasteiger partial charge is 0.330 e. The summed E-state index contributed by atoms with van der Waals surface area (Å²) < 4.78 is 3.20. The molecule has 0 saturated heterocycles. The number of hydrogen-bond donors (Lipinski definition) is 1. The molecule has 5 nitrogen and oxygen atoms in total. The van der Waals surface area contributed by atoms with Crippen molar-refractivity contribution in [2.24, 2.45) is 29.4 Å². The number of aryl methyl sites for hydroxylation is 1. The van der Waals surface area contributed by atoms with Crippen molar-refractivity contribution in [2.45, 2.75) is 59.4 Å². The molecule has 3 rings (SSSR count). The van der Waals surface area contributed by atoms with Crippen molar-refractivity contribution in [3.8, 4) is 0 Å². The van der Waals surface area contributed by atoms with Crippen molar-refractivity contribution in [1.82, 2.24) is 9.13 Å². The molecule has 0 spiro atoms. The molecule has 27 heavy (non-hydrogen) atoms. The number of para-hydroxylation sites is 2. The molecule has 0 radical (unpaired) electrons. The Labute approximate surface area is 161 Å². The molecule has 0 unspecified atom stereocenters. The molecule has 0 bridgehead atoms. The largest absolute Gasteiger partial charge is 0.335 e. The van der Waals surface area contributed by atoms with Gasteiger partial charge in [-0.2, -0.15) is 0 Å². The monoisotopic (exact) mass is 371 g/mol. The summed E-state index contributed by atoms with van der Waals surface area (Å²) in [5.74, 6) is 1.23. The summed E-state index contributed by atoms with van der Waals surface area (Å²) in [5, 5.41) is 0. The van der Waals surface area contributed by atoms with Crippen LogP contribution >= 0.6 is 0 Å². The lowest BCUT2D eigenvalue weighted by Crippen LogP contribution is -2.40. The number of rotatable bonds is 6. The number of aromatic nitrogens is 2. The van der Waals surface area contributed by atoms with Gasteiger partial charge in [0.25, 0.3) is 0 Å². The van der Waals surface area contributed by atoms with Crippen LogP contribution in [0.2, 0.25) is 0 Å². The summed E-state index contributed by atoms with van der Waals surface area (Å²) in [6, 6.07) is 7.66. The number of unbranched alkanes of at least 4 members (excludes halogenated alkanes) is 1. The summed E-state index contributed by atoms with van der Waals surface area (Å²) in [7, 11) is 0. The Hall–Kier alpha value is -1.88. The van der Waals surface area contributed by atoms with Gasteiger partial charge in [-0.25, -0.2) is 9.36 Å². The van der Waals surface area contributed by atoms with Crippen LogP contribution < -0.4 is 11.4 Å². The Morgan fingerprint density at radius 2 is 1.89 bits per heavy atom. The zero-order valence-electron chi connectivity index (χ0n) is 16.9. The maximum Gasteiger partial charge on any atom is 0.335 e. The fourth-order valence-electron chi connectivity index (χ4n) is 4.70. The first kappa shape index (κ1) is 19.9. The molecule has 1 aromatic heterocycles. The van der Waals surface area contributed by atoms with E-state index in [4.69, 9.17) is 5.73 Å². The summed E-state index contributed by atoms with van der Waals surface area (Å²) in [6.07, 6.45) is 4.82. The third-order valence-corrected chi connectivity index (χ3v) is 6.23. The van der Waals surface area contributed by atoms with E-state index in [0.717, 1.165) is 36.7 Å². The number of carbonyl (C=O) groups excluding carboxylic acids is 1. The average Bonchev–Trinajstić information content (AvgIpc) is 2.93. The highest BCUT2D eigenvalue weighted by molar-refractivity contribution is 5.92. The highest BCUT2D eigenvalue weighted by atomic mass is 16.2. The van der Waals surface area contributed by atoms with E-state index in [1.54, 1.807) is 4.57 Å². The van der Waals surface area contributed by atoms with Crippen molar-refractivity contribution in [3.63, 3.8) is 0 Å². The fourth-order valence-corrected chi connectivity index (χ4v) is 4.70.